The Labute approximate surface area is 117 Å². The Balaban J connectivity index is 2.48. The van der Waals surface area contributed by atoms with Crippen LogP contribution in [0.1, 0.15) is 22.3 Å². The molecule has 0 aliphatic rings. The van der Waals surface area contributed by atoms with Gasteiger partial charge in [0.25, 0.3) is 5.56 Å². The molecule has 0 radical (unpaired) electrons. The van der Waals surface area contributed by atoms with Crippen LogP contribution in [0.25, 0.3) is 0 Å². The maximum Gasteiger partial charge on any atom is 0.261 e. The van der Waals surface area contributed by atoms with Crippen molar-refractivity contribution in [1.29, 1.82) is 0 Å². The number of nitrogens with zero attached hydrogens (tertiary/aromatic N) is 1. The molecule has 0 aliphatic heterocycles. The lowest BCUT2D eigenvalue weighted by molar-refractivity contribution is 0.749. The van der Waals surface area contributed by atoms with Crippen LogP contribution in [0.5, 0.6) is 0 Å². The molecule has 1 aromatic carbocycles. The molecular formula is C15H16N2OS. The van der Waals surface area contributed by atoms with E-state index in [0.717, 1.165) is 5.56 Å². The average molecular weight is 272 g/mol. The molecule has 0 saturated heterocycles. The third kappa shape index (κ3) is 2.74. The van der Waals surface area contributed by atoms with Crippen molar-refractivity contribution in [3.8, 4) is 0 Å². The van der Waals surface area contributed by atoms with Crippen LogP contribution in [0, 0.1) is 13.8 Å². The van der Waals surface area contributed by atoms with Crippen molar-refractivity contribution in [2.24, 2.45) is 5.73 Å². The number of thiocarbonyl (C=S) groups is 1. The molecule has 0 amide bonds. The molecule has 4 heteroatoms. The molecular weight excluding hydrogens is 256 g/mol. The average Bonchev–Trinajstić information content (AvgIpc) is 2.35. The van der Waals surface area contributed by atoms with Crippen LogP contribution in [0.3, 0.4) is 0 Å². The zero-order valence-corrected chi connectivity index (χ0v) is 11.8. The molecule has 2 N–H and O–H groups in total. The number of nitrogens with two attached hydrogens (primary N) is 1. The lowest BCUT2D eigenvalue weighted by Gasteiger charge is -2.12. The molecule has 0 spiro atoms. The molecule has 2 aromatic rings. The molecule has 0 saturated carbocycles. The van der Waals surface area contributed by atoms with Gasteiger partial charge in [-0.2, -0.15) is 0 Å². The first-order valence-corrected chi connectivity index (χ1v) is 6.46. The molecule has 3 nitrogen and oxygen atoms in total. The SMILES string of the molecule is Cc1cccc(C)c1Cn1cccc(C(N)=S)c1=O. The van der Waals surface area contributed by atoms with E-state index in [1.54, 1.807) is 22.9 Å². The van der Waals surface area contributed by atoms with E-state index < -0.39 is 0 Å². The fourth-order valence-corrected chi connectivity index (χ4v) is 2.27. The number of aromatic nitrogens is 1. The van der Waals surface area contributed by atoms with Gasteiger partial charge in [-0.25, -0.2) is 0 Å². The number of benzene rings is 1. The number of pyridine rings is 1. The van der Waals surface area contributed by atoms with Crippen molar-refractivity contribution in [3.05, 3.63) is 69.1 Å². The quantitative estimate of drug-likeness (QED) is 0.871. The molecule has 1 aromatic heterocycles. The van der Waals surface area contributed by atoms with E-state index in [1.165, 1.54) is 11.1 Å². The van der Waals surface area contributed by atoms with E-state index in [0.29, 0.717) is 12.1 Å². The lowest BCUT2D eigenvalue weighted by atomic mass is 10.0. The van der Waals surface area contributed by atoms with Gasteiger partial charge in [-0.1, -0.05) is 30.4 Å². The van der Waals surface area contributed by atoms with Crippen molar-refractivity contribution < 1.29 is 0 Å². The minimum absolute atomic E-state index is 0.140. The van der Waals surface area contributed by atoms with E-state index in [-0.39, 0.29) is 10.5 Å². The Morgan fingerprint density at radius 3 is 2.42 bits per heavy atom. The maximum atomic E-state index is 12.2. The van der Waals surface area contributed by atoms with E-state index in [9.17, 15) is 4.79 Å². The topological polar surface area (TPSA) is 48.0 Å². The molecule has 0 aliphatic carbocycles. The maximum absolute atomic E-state index is 12.2. The predicted molar refractivity (Wildman–Crippen MR) is 81.6 cm³/mol. The summed E-state index contributed by atoms with van der Waals surface area (Å²) < 4.78 is 1.64. The summed E-state index contributed by atoms with van der Waals surface area (Å²) in [5.41, 5.74) is 9.31. The second kappa shape index (κ2) is 5.36. The fraction of sp³-hybridized carbons (Fsp3) is 0.200. The highest BCUT2D eigenvalue weighted by Crippen LogP contribution is 2.14. The van der Waals surface area contributed by atoms with Crippen LogP contribution in [0.2, 0.25) is 0 Å². The zero-order valence-electron chi connectivity index (χ0n) is 11.0. The van der Waals surface area contributed by atoms with E-state index >= 15 is 0 Å². The van der Waals surface area contributed by atoms with Gasteiger partial charge in [0.1, 0.15) is 4.99 Å². The van der Waals surface area contributed by atoms with Crippen LogP contribution in [0.15, 0.2) is 41.3 Å². The molecule has 19 heavy (non-hydrogen) atoms. The van der Waals surface area contributed by atoms with E-state index in [1.807, 2.05) is 32.0 Å². The summed E-state index contributed by atoms with van der Waals surface area (Å²) in [7, 11) is 0. The van der Waals surface area contributed by atoms with Gasteiger partial charge < -0.3 is 10.3 Å². The van der Waals surface area contributed by atoms with Crippen molar-refractivity contribution in [2.45, 2.75) is 20.4 Å². The van der Waals surface area contributed by atoms with Crippen molar-refractivity contribution >= 4 is 17.2 Å². The summed E-state index contributed by atoms with van der Waals surface area (Å²) in [6.07, 6.45) is 1.76. The standard InChI is InChI=1S/C15H16N2OS/c1-10-5-3-6-11(2)13(10)9-17-8-4-7-12(14(16)19)15(17)18/h3-8H,9H2,1-2H3,(H2,16,19). The Kier molecular flexibility index (Phi) is 3.81. The van der Waals surface area contributed by atoms with Crippen molar-refractivity contribution in [3.63, 3.8) is 0 Å². The second-order valence-corrected chi connectivity index (χ2v) is 5.03. The highest BCUT2D eigenvalue weighted by Gasteiger charge is 2.08. The van der Waals surface area contributed by atoms with Gasteiger partial charge in [-0.3, -0.25) is 4.79 Å². The van der Waals surface area contributed by atoms with Gasteiger partial charge in [0.2, 0.25) is 0 Å². The predicted octanol–water partition coefficient (Wildman–Crippen LogP) is 2.15. The third-order valence-electron chi connectivity index (χ3n) is 3.26. The third-order valence-corrected chi connectivity index (χ3v) is 3.48. The summed E-state index contributed by atoms with van der Waals surface area (Å²) in [6.45, 7) is 4.63. The number of aryl methyl sites for hydroxylation is 2. The summed E-state index contributed by atoms with van der Waals surface area (Å²) in [6, 6.07) is 9.56. The van der Waals surface area contributed by atoms with Gasteiger partial charge in [-0.15, -0.1) is 0 Å². The van der Waals surface area contributed by atoms with Gasteiger partial charge in [0.15, 0.2) is 0 Å². The van der Waals surface area contributed by atoms with Crippen molar-refractivity contribution in [1.82, 2.24) is 4.57 Å². The van der Waals surface area contributed by atoms with E-state index in [2.05, 4.69) is 0 Å². The van der Waals surface area contributed by atoms with Crippen LogP contribution < -0.4 is 11.3 Å². The molecule has 0 fully saturated rings. The Morgan fingerprint density at radius 1 is 1.21 bits per heavy atom. The van der Waals surface area contributed by atoms with Crippen LogP contribution >= 0.6 is 12.2 Å². The summed E-state index contributed by atoms with van der Waals surface area (Å²) in [4.78, 5) is 12.4. The number of rotatable bonds is 3. The number of hydrogen-bond donors (Lipinski definition) is 1. The lowest BCUT2D eigenvalue weighted by Crippen LogP contribution is -2.29. The fourth-order valence-electron chi connectivity index (χ4n) is 2.12. The highest BCUT2D eigenvalue weighted by atomic mass is 32.1. The molecule has 0 bridgehead atoms. The van der Waals surface area contributed by atoms with Crippen LogP contribution in [0.4, 0.5) is 0 Å². The van der Waals surface area contributed by atoms with Crippen LogP contribution in [-0.2, 0) is 6.54 Å². The van der Waals surface area contributed by atoms with Gasteiger partial charge in [0, 0.05) is 6.20 Å². The van der Waals surface area contributed by atoms with Gasteiger partial charge >= 0.3 is 0 Å². The minimum atomic E-state index is -0.141. The molecule has 1 heterocycles. The van der Waals surface area contributed by atoms with Gasteiger partial charge in [-0.05, 0) is 42.7 Å². The monoisotopic (exact) mass is 272 g/mol. The first kappa shape index (κ1) is 13.5. The minimum Gasteiger partial charge on any atom is -0.389 e. The summed E-state index contributed by atoms with van der Waals surface area (Å²) in [5, 5.41) is 0. The normalized spacial score (nSPS) is 10.4. The Morgan fingerprint density at radius 2 is 1.84 bits per heavy atom. The summed E-state index contributed by atoms with van der Waals surface area (Å²) >= 11 is 4.89. The Bertz CT molecular complexity index is 669. The Hall–Kier alpha value is -1.94. The molecule has 0 atom stereocenters. The smallest absolute Gasteiger partial charge is 0.261 e. The van der Waals surface area contributed by atoms with Crippen molar-refractivity contribution in [2.75, 3.05) is 0 Å². The summed E-state index contributed by atoms with van der Waals surface area (Å²) in [5.74, 6) is 0. The van der Waals surface area contributed by atoms with E-state index in [4.69, 9.17) is 18.0 Å². The van der Waals surface area contributed by atoms with Crippen LogP contribution in [-0.4, -0.2) is 9.56 Å². The second-order valence-electron chi connectivity index (χ2n) is 4.59. The first-order valence-electron chi connectivity index (χ1n) is 6.05. The highest BCUT2D eigenvalue weighted by molar-refractivity contribution is 7.80. The molecule has 2 rings (SSSR count). The van der Waals surface area contributed by atoms with Gasteiger partial charge in [0.05, 0.1) is 12.1 Å². The first-order chi connectivity index (χ1) is 9.00. The number of hydrogen-bond acceptors (Lipinski definition) is 2. The largest absolute Gasteiger partial charge is 0.389 e. The zero-order chi connectivity index (χ0) is 14.0. The molecule has 98 valence electrons. The molecule has 0 unspecified atom stereocenters.